The Morgan fingerprint density at radius 1 is 1.21 bits per heavy atom. The first kappa shape index (κ1) is 16.3. The van der Waals surface area contributed by atoms with Crippen molar-refractivity contribution < 1.29 is 14.3 Å². The van der Waals surface area contributed by atoms with Crippen LogP contribution < -0.4 is 5.32 Å². The van der Waals surface area contributed by atoms with Crippen LogP contribution in [0.25, 0.3) is 10.6 Å². The van der Waals surface area contributed by atoms with E-state index in [0.29, 0.717) is 21.8 Å². The van der Waals surface area contributed by atoms with E-state index in [1.54, 1.807) is 54.8 Å². The van der Waals surface area contributed by atoms with Gasteiger partial charge in [0.15, 0.2) is 0 Å². The monoisotopic (exact) mass is 342 g/mol. The fourth-order valence-electron chi connectivity index (χ4n) is 2.30. The van der Waals surface area contributed by atoms with E-state index in [9.17, 15) is 14.3 Å². The molecule has 0 spiro atoms. The molecule has 0 saturated carbocycles. The highest BCUT2D eigenvalue weighted by atomic mass is 32.1. The molecule has 1 unspecified atom stereocenters. The Hall–Kier alpha value is -2.57. The van der Waals surface area contributed by atoms with Crippen LogP contribution >= 0.6 is 11.3 Å². The lowest BCUT2D eigenvalue weighted by atomic mass is 10.1. The highest BCUT2D eigenvalue weighted by Gasteiger charge is 2.16. The van der Waals surface area contributed by atoms with Crippen LogP contribution in [0.1, 0.15) is 29.1 Å². The van der Waals surface area contributed by atoms with Crippen LogP contribution in [-0.2, 0) is 0 Å². The maximum absolute atomic E-state index is 13.8. The minimum absolute atomic E-state index is 0.207. The topological polar surface area (TPSA) is 62.2 Å². The van der Waals surface area contributed by atoms with E-state index >= 15 is 0 Å². The van der Waals surface area contributed by atoms with Crippen LogP contribution in [0.2, 0.25) is 0 Å². The summed E-state index contributed by atoms with van der Waals surface area (Å²) in [6, 6.07) is 13.3. The number of hydrogen-bond donors (Lipinski definition) is 2. The number of nitrogens with one attached hydrogen (secondary N) is 1. The number of nitrogens with zero attached hydrogens (tertiary/aromatic N) is 1. The lowest BCUT2D eigenvalue weighted by Crippen LogP contribution is -2.14. The van der Waals surface area contributed by atoms with Gasteiger partial charge >= 0.3 is 0 Å². The van der Waals surface area contributed by atoms with Crippen molar-refractivity contribution in [3.63, 3.8) is 0 Å². The Morgan fingerprint density at radius 2 is 1.92 bits per heavy atom. The van der Waals surface area contributed by atoms with Gasteiger partial charge in [-0.2, -0.15) is 0 Å². The predicted octanol–water partition coefficient (Wildman–Crippen LogP) is 4.25. The molecule has 3 rings (SSSR count). The zero-order valence-electron chi connectivity index (χ0n) is 12.9. The van der Waals surface area contributed by atoms with E-state index in [0.717, 1.165) is 0 Å². The molecule has 0 saturated heterocycles. The second-order valence-electron chi connectivity index (χ2n) is 5.24. The zero-order chi connectivity index (χ0) is 17.1. The molecular weight excluding hydrogens is 327 g/mol. The second kappa shape index (κ2) is 6.90. The first-order valence-electron chi connectivity index (χ1n) is 7.35. The molecule has 0 aliphatic rings. The van der Waals surface area contributed by atoms with Gasteiger partial charge in [-0.1, -0.05) is 30.3 Å². The molecule has 0 radical (unpaired) electrons. The summed E-state index contributed by atoms with van der Waals surface area (Å²) in [6.07, 6.45) is -0.703. The molecule has 0 aliphatic carbocycles. The Morgan fingerprint density at radius 3 is 2.67 bits per heavy atom. The van der Waals surface area contributed by atoms with Crippen LogP contribution in [-0.4, -0.2) is 16.0 Å². The normalized spacial score (nSPS) is 12.0. The lowest BCUT2D eigenvalue weighted by Gasteiger charge is -2.12. The molecule has 1 atom stereocenters. The maximum Gasteiger partial charge on any atom is 0.275 e. The van der Waals surface area contributed by atoms with Crippen molar-refractivity contribution in [3.8, 4) is 10.6 Å². The van der Waals surface area contributed by atoms with Crippen LogP contribution in [0.4, 0.5) is 10.1 Å². The summed E-state index contributed by atoms with van der Waals surface area (Å²) in [7, 11) is 0. The van der Waals surface area contributed by atoms with Gasteiger partial charge in [-0.15, -0.1) is 11.3 Å². The summed E-state index contributed by atoms with van der Waals surface area (Å²) < 4.78 is 13.8. The van der Waals surface area contributed by atoms with E-state index in [2.05, 4.69) is 10.3 Å². The summed E-state index contributed by atoms with van der Waals surface area (Å²) >= 11 is 1.20. The number of aromatic nitrogens is 1. The minimum Gasteiger partial charge on any atom is -0.389 e. The number of hydrogen-bond acceptors (Lipinski definition) is 4. The van der Waals surface area contributed by atoms with Gasteiger partial charge in [-0.25, -0.2) is 9.37 Å². The van der Waals surface area contributed by atoms with Gasteiger partial charge in [0.1, 0.15) is 16.5 Å². The number of carbonyl (C=O) groups excluding carboxylic acids is 1. The van der Waals surface area contributed by atoms with Crippen molar-refractivity contribution in [2.75, 3.05) is 5.32 Å². The van der Waals surface area contributed by atoms with Crippen LogP contribution in [0.15, 0.2) is 53.9 Å². The summed E-state index contributed by atoms with van der Waals surface area (Å²) in [5, 5.41) is 14.5. The molecule has 3 aromatic rings. The summed E-state index contributed by atoms with van der Waals surface area (Å²) in [5.74, 6) is -0.778. The van der Waals surface area contributed by atoms with E-state index in [1.165, 1.54) is 17.4 Å². The van der Waals surface area contributed by atoms with Crippen molar-refractivity contribution >= 4 is 22.9 Å². The van der Waals surface area contributed by atoms with E-state index in [-0.39, 0.29) is 11.5 Å². The van der Waals surface area contributed by atoms with Gasteiger partial charge in [0, 0.05) is 22.2 Å². The fourth-order valence-corrected chi connectivity index (χ4v) is 3.12. The number of amides is 1. The molecule has 1 heterocycles. The molecule has 2 aromatic carbocycles. The van der Waals surface area contributed by atoms with Gasteiger partial charge < -0.3 is 10.4 Å². The number of carbonyl (C=O) groups is 1. The number of anilines is 1. The highest BCUT2D eigenvalue weighted by molar-refractivity contribution is 7.13. The molecule has 24 heavy (non-hydrogen) atoms. The van der Waals surface area contributed by atoms with Crippen molar-refractivity contribution in [3.05, 3.63) is 71.0 Å². The van der Waals surface area contributed by atoms with Crippen molar-refractivity contribution in [2.45, 2.75) is 13.0 Å². The SMILES string of the molecule is CC(O)c1ccccc1NC(=O)c1csc(-c2ccccc2F)n1. The molecule has 1 amide bonds. The Labute approximate surface area is 142 Å². The minimum atomic E-state index is -0.703. The third-order valence-electron chi connectivity index (χ3n) is 3.50. The maximum atomic E-state index is 13.8. The Kier molecular flexibility index (Phi) is 4.69. The van der Waals surface area contributed by atoms with Gasteiger partial charge in [0.05, 0.1) is 6.10 Å². The Balaban J connectivity index is 1.84. The van der Waals surface area contributed by atoms with Crippen molar-refractivity contribution in [1.29, 1.82) is 0 Å². The number of halogens is 1. The first-order chi connectivity index (χ1) is 11.6. The predicted molar refractivity (Wildman–Crippen MR) is 92.5 cm³/mol. The molecular formula is C18H15FN2O2S. The number of rotatable bonds is 4. The number of thiazole rings is 1. The standard InChI is InChI=1S/C18H15FN2O2S/c1-11(22)12-6-3-5-9-15(12)20-17(23)16-10-24-18(21-16)13-7-2-4-8-14(13)19/h2-11,22H,1H3,(H,20,23). The van der Waals surface area contributed by atoms with Crippen molar-refractivity contribution in [2.24, 2.45) is 0 Å². The number of para-hydroxylation sites is 1. The van der Waals surface area contributed by atoms with Gasteiger partial charge in [0.2, 0.25) is 0 Å². The second-order valence-corrected chi connectivity index (χ2v) is 6.09. The fraction of sp³-hybridized carbons (Fsp3) is 0.111. The number of benzene rings is 2. The summed E-state index contributed by atoms with van der Waals surface area (Å²) in [5.41, 5.74) is 1.72. The molecule has 0 fully saturated rings. The van der Waals surface area contributed by atoms with E-state index in [4.69, 9.17) is 0 Å². The summed E-state index contributed by atoms with van der Waals surface area (Å²) in [6.45, 7) is 1.63. The molecule has 1 aromatic heterocycles. The number of aliphatic hydroxyl groups excluding tert-OH is 1. The van der Waals surface area contributed by atoms with Gasteiger partial charge in [-0.05, 0) is 25.1 Å². The lowest BCUT2D eigenvalue weighted by molar-refractivity contribution is 0.102. The van der Waals surface area contributed by atoms with Crippen LogP contribution in [0, 0.1) is 5.82 Å². The highest BCUT2D eigenvalue weighted by Crippen LogP contribution is 2.27. The number of aliphatic hydroxyl groups is 1. The quantitative estimate of drug-likeness (QED) is 0.745. The molecule has 0 aliphatic heterocycles. The molecule has 2 N–H and O–H groups in total. The third-order valence-corrected chi connectivity index (χ3v) is 4.38. The zero-order valence-corrected chi connectivity index (χ0v) is 13.7. The van der Waals surface area contributed by atoms with Crippen molar-refractivity contribution in [1.82, 2.24) is 4.98 Å². The van der Waals surface area contributed by atoms with E-state index < -0.39 is 12.0 Å². The molecule has 122 valence electrons. The largest absolute Gasteiger partial charge is 0.389 e. The van der Waals surface area contributed by atoms with Gasteiger partial charge in [-0.3, -0.25) is 4.79 Å². The first-order valence-corrected chi connectivity index (χ1v) is 8.23. The van der Waals surface area contributed by atoms with E-state index in [1.807, 2.05) is 0 Å². The molecule has 4 nitrogen and oxygen atoms in total. The smallest absolute Gasteiger partial charge is 0.275 e. The molecule has 6 heteroatoms. The van der Waals surface area contributed by atoms with Crippen LogP contribution in [0.3, 0.4) is 0 Å². The van der Waals surface area contributed by atoms with Gasteiger partial charge in [0.25, 0.3) is 5.91 Å². The Bertz CT molecular complexity index is 877. The average Bonchev–Trinajstić information content (AvgIpc) is 3.05. The molecule has 0 bridgehead atoms. The average molecular weight is 342 g/mol. The summed E-state index contributed by atoms with van der Waals surface area (Å²) in [4.78, 5) is 16.6. The third kappa shape index (κ3) is 3.34. The van der Waals surface area contributed by atoms with Crippen LogP contribution in [0.5, 0.6) is 0 Å².